The van der Waals surface area contributed by atoms with Crippen LogP contribution in [-0.4, -0.2) is 9.97 Å². The monoisotopic (exact) mass is 734 g/mol. The average Bonchev–Trinajstić information content (AvgIpc) is 3.62. The molecule has 2 nitrogen and oxygen atoms in total. The van der Waals surface area contributed by atoms with Gasteiger partial charge in [-0.15, -0.1) is 0 Å². The first-order valence-corrected chi connectivity index (χ1v) is 19.9. The number of benzene rings is 10. The molecule has 58 heavy (non-hydrogen) atoms. The Hall–Kier alpha value is -7.68. The molecule has 0 N–H and O–H groups in total. The Labute approximate surface area is 336 Å². The maximum atomic E-state index is 5.31. The van der Waals surface area contributed by atoms with Gasteiger partial charge in [-0.25, -0.2) is 9.97 Å². The second-order valence-corrected chi connectivity index (χ2v) is 15.3. The van der Waals surface area contributed by atoms with Crippen molar-refractivity contribution in [1.82, 2.24) is 9.97 Å². The molecule has 0 spiro atoms. The molecule has 11 aromatic rings. The van der Waals surface area contributed by atoms with Crippen molar-refractivity contribution in [3.8, 4) is 78.4 Å². The van der Waals surface area contributed by atoms with Gasteiger partial charge in [-0.3, -0.25) is 0 Å². The molecule has 0 saturated heterocycles. The Kier molecular flexibility index (Phi) is 7.26. The largest absolute Gasteiger partial charge is 0.228 e. The van der Waals surface area contributed by atoms with Gasteiger partial charge in [0.15, 0.2) is 5.82 Å². The summed E-state index contributed by atoms with van der Waals surface area (Å²) in [5.41, 5.74) is 14.8. The second kappa shape index (κ2) is 12.9. The van der Waals surface area contributed by atoms with Crippen molar-refractivity contribution in [2.75, 3.05) is 0 Å². The first kappa shape index (κ1) is 32.6. The first-order chi connectivity index (χ1) is 28.7. The predicted molar refractivity (Wildman–Crippen MR) is 244 cm³/mol. The number of hydrogen-bond donors (Lipinski definition) is 0. The van der Waals surface area contributed by atoms with Crippen LogP contribution < -0.4 is 0 Å². The highest BCUT2D eigenvalue weighted by atomic mass is 14.9. The summed E-state index contributed by atoms with van der Waals surface area (Å²) in [5, 5.41) is 10.1. The summed E-state index contributed by atoms with van der Waals surface area (Å²) in [6.07, 6.45) is 0. The summed E-state index contributed by atoms with van der Waals surface area (Å²) < 4.78 is 0. The van der Waals surface area contributed by atoms with Crippen LogP contribution in [0.25, 0.3) is 122 Å². The zero-order valence-corrected chi connectivity index (χ0v) is 31.5. The molecule has 12 rings (SSSR count). The van der Waals surface area contributed by atoms with Crippen LogP contribution in [-0.2, 0) is 0 Å². The molecule has 0 radical (unpaired) electrons. The molecule has 268 valence electrons. The number of aromatic nitrogens is 2. The molecule has 1 heterocycles. The third-order valence-electron chi connectivity index (χ3n) is 12.0. The second-order valence-electron chi connectivity index (χ2n) is 15.3. The van der Waals surface area contributed by atoms with Gasteiger partial charge in [0.25, 0.3) is 0 Å². The maximum Gasteiger partial charge on any atom is 0.160 e. The molecule has 0 saturated carbocycles. The van der Waals surface area contributed by atoms with Gasteiger partial charge in [0.1, 0.15) is 0 Å². The number of nitrogens with zero attached hydrogens (tertiary/aromatic N) is 2. The summed E-state index contributed by atoms with van der Waals surface area (Å²) in [7, 11) is 0. The molecule has 2 heteroatoms. The van der Waals surface area contributed by atoms with Crippen molar-refractivity contribution >= 4 is 43.1 Å². The number of rotatable bonds is 5. The van der Waals surface area contributed by atoms with E-state index in [-0.39, 0.29) is 0 Å². The van der Waals surface area contributed by atoms with E-state index in [1.165, 1.54) is 87.6 Å². The zero-order valence-electron chi connectivity index (χ0n) is 31.5. The molecule has 0 atom stereocenters. The van der Waals surface area contributed by atoms with Gasteiger partial charge in [-0.1, -0.05) is 188 Å². The molecule has 0 aliphatic heterocycles. The van der Waals surface area contributed by atoms with Crippen LogP contribution in [0.2, 0.25) is 0 Å². The molecular weight excluding hydrogens is 701 g/mol. The van der Waals surface area contributed by atoms with E-state index < -0.39 is 0 Å². The van der Waals surface area contributed by atoms with Gasteiger partial charge in [0.05, 0.1) is 11.4 Å². The van der Waals surface area contributed by atoms with Gasteiger partial charge >= 0.3 is 0 Å². The molecular formula is C56H34N2. The van der Waals surface area contributed by atoms with E-state index in [1.54, 1.807) is 0 Å². The van der Waals surface area contributed by atoms with Gasteiger partial charge in [-0.2, -0.15) is 0 Å². The smallest absolute Gasteiger partial charge is 0.160 e. The standard InChI is InChI=1S/C56H34N2/c1-2-10-35(11-3-1)36-20-22-38(23-21-36)52-34-53(43-29-30-46-47-18-8-14-39-15-9-19-48(55(39)47)51(46)33-43)58-56(57-52)41-26-24-40(25-27-41)54-45-17-7-5-13-42(45)32-50-44-16-6-4-12-37(44)28-31-49(50)54/h1-34H. The Morgan fingerprint density at radius 3 is 1.64 bits per heavy atom. The van der Waals surface area contributed by atoms with Crippen molar-refractivity contribution < 1.29 is 0 Å². The van der Waals surface area contributed by atoms with Gasteiger partial charge in [0, 0.05) is 16.7 Å². The minimum Gasteiger partial charge on any atom is -0.228 e. The normalized spacial score (nSPS) is 11.8. The molecule has 0 unspecified atom stereocenters. The van der Waals surface area contributed by atoms with Crippen LogP contribution in [0.5, 0.6) is 0 Å². The summed E-state index contributed by atoms with van der Waals surface area (Å²) in [6, 6.07) is 74.5. The molecule has 1 aliphatic rings. The highest BCUT2D eigenvalue weighted by molar-refractivity contribution is 6.20. The molecule has 0 fully saturated rings. The van der Waals surface area contributed by atoms with Crippen molar-refractivity contribution in [1.29, 1.82) is 0 Å². The van der Waals surface area contributed by atoms with E-state index in [2.05, 4.69) is 206 Å². The molecule has 0 amide bonds. The fourth-order valence-corrected chi connectivity index (χ4v) is 9.20. The van der Waals surface area contributed by atoms with E-state index >= 15 is 0 Å². The SMILES string of the molecule is c1ccc(-c2ccc(-c3cc(-c4ccc5c(c4)-c4cccc6cccc-5c46)nc(-c4ccc(-c5c6ccccc6cc6c5ccc5ccccc56)cc4)n3)cc2)cc1. The van der Waals surface area contributed by atoms with Gasteiger partial charge < -0.3 is 0 Å². The van der Waals surface area contributed by atoms with E-state index in [0.717, 1.165) is 28.1 Å². The Balaban J connectivity index is 1.00. The highest BCUT2D eigenvalue weighted by Crippen LogP contribution is 2.48. The first-order valence-electron chi connectivity index (χ1n) is 19.9. The minimum absolute atomic E-state index is 0.700. The summed E-state index contributed by atoms with van der Waals surface area (Å²) in [4.78, 5) is 10.6. The van der Waals surface area contributed by atoms with Crippen LogP contribution in [0.15, 0.2) is 206 Å². The van der Waals surface area contributed by atoms with Gasteiger partial charge in [-0.05, 0) is 106 Å². The lowest BCUT2D eigenvalue weighted by molar-refractivity contribution is 1.18. The number of hydrogen-bond acceptors (Lipinski definition) is 2. The van der Waals surface area contributed by atoms with Crippen LogP contribution in [0, 0.1) is 0 Å². The van der Waals surface area contributed by atoms with Crippen molar-refractivity contribution in [3.63, 3.8) is 0 Å². The number of fused-ring (bicyclic) bond motifs is 7. The lowest BCUT2D eigenvalue weighted by atomic mass is 9.89. The Morgan fingerprint density at radius 1 is 0.259 bits per heavy atom. The maximum absolute atomic E-state index is 5.31. The van der Waals surface area contributed by atoms with Gasteiger partial charge in [0.2, 0.25) is 0 Å². The van der Waals surface area contributed by atoms with Crippen molar-refractivity contribution in [2.24, 2.45) is 0 Å². The van der Waals surface area contributed by atoms with Crippen LogP contribution >= 0.6 is 0 Å². The van der Waals surface area contributed by atoms with E-state index in [9.17, 15) is 0 Å². The topological polar surface area (TPSA) is 25.8 Å². The van der Waals surface area contributed by atoms with E-state index in [1.807, 2.05) is 0 Å². The molecule has 0 bridgehead atoms. The fourth-order valence-electron chi connectivity index (χ4n) is 9.20. The fraction of sp³-hybridized carbons (Fsp3) is 0. The van der Waals surface area contributed by atoms with E-state index in [4.69, 9.17) is 9.97 Å². The lowest BCUT2D eigenvalue weighted by Gasteiger charge is -2.15. The predicted octanol–water partition coefficient (Wildman–Crippen LogP) is 15.1. The van der Waals surface area contributed by atoms with Crippen LogP contribution in [0.4, 0.5) is 0 Å². The van der Waals surface area contributed by atoms with Crippen molar-refractivity contribution in [3.05, 3.63) is 206 Å². The molecule has 1 aromatic heterocycles. The quantitative estimate of drug-likeness (QED) is 0.130. The third kappa shape index (κ3) is 5.19. The lowest BCUT2D eigenvalue weighted by Crippen LogP contribution is -1.96. The Bertz CT molecular complexity index is 3410. The highest BCUT2D eigenvalue weighted by Gasteiger charge is 2.22. The third-order valence-corrected chi connectivity index (χ3v) is 12.0. The molecule has 10 aromatic carbocycles. The minimum atomic E-state index is 0.700. The summed E-state index contributed by atoms with van der Waals surface area (Å²) >= 11 is 0. The van der Waals surface area contributed by atoms with Crippen LogP contribution in [0.1, 0.15) is 0 Å². The van der Waals surface area contributed by atoms with Crippen molar-refractivity contribution in [2.45, 2.75) is 0 Å². The summed E-state index contributed by atoms with van der Waals surface area (Å²) in [5.74, 6) is 0.700. The average molecular weight is 735 g/mol. The Morgan fingerprint density at radius 2 is 0.845 bits per heavy atom. The summed E-state index contributed by atoms with van der Waals surface area (Å²) in [6.45, 7) is 0. The van der Waals surface area contributed by atoms with E-state index in [0.29, 0.717) is 5.82 Å². The zero-order chi connectivity index (χ0) is 38.2. The van der Waals surface area contributed by atoms with Crippen LogP contribution in [0.3, 0.4) is 0 Å². The molecule has 1 aliphatic carbocycles.